The minimum atomic E-state index is -1.13. The number of carboxylic acid groups (broad SMARTS) is 1. The SMILES string of the molecule is CSCC[C@H](NC(=O)[C@H](Cc1c[nH]c2ccccc12)NC(=O)[C@@H](N)Cc1ccc(O)cc1)C(=O)O. The van der Waals surface area contributed by atoms with Crippen LogP contribution in [0.3, 0.4) is 0 Å². The molecule has 0 radical (unpaired) electrons. The van der Waals surface area contributed by atoms with E-state index < -0.39 is 35.9 Å². The Morgan fingerprint density at radius 1 is 1.00 bits per heavy atom. The van der Waals surface area contributed by atoms with Crippen molar-refractivity contribution in [3.63, 3.8) is 0 Å². The van der Waals surface area contributed by atoms with Gasteiger partial charge in [-0.2, -0.15) is 11.8 Å². The molecule has 0 aliphatic rings. The number of rotatable bonds is 12. The number of carbonyl (C=O) groups excluding carboxylic acids is 2. The van der Waals surface area contributed by atoms with Gasteiger partial charge in [0.15, 0.2) is 0 Å². The molecule has 0 saturated heterocycles. The van der Waals surface area contributed by atoms with Crippen molar-refractivity contribution in [1.82, 2.24) is 15.6 Å². The fraction of sp³-hybridized carbons (Fsp3) is 0.320. The molecule has 0 aliphatic heterocycles. The van der Waals surface area contributed by atoms with Gasteiger partial charge >= 0.3 is 5.97 Å². The number of H-pyrrole nitrogens is 1. The molecule has 35 heavy (non-hydrogen) atoms. The molecule has 0 fully saturated rings. The van der Waals surface area contributed by atoms with Gasteiger partial charge in [-0.1, -0.05) is 30.3 Å². The first-order chi connectivity index (χ1) is 16.8. The maximum absolute atomic E-state index is 13.2. The van der Waals surface area contributed by atoms with Crippen molar-refractivity contribution in [1.29, 1.82) is 0 Å². The van der Waals surface area contributed by atoms with Crippen LogP contribution in [0.1, 0.15) is 17.5 Å². The molecule has 7 N–H and O–H groups in total. The molecule has 2 aromatic carbocycles. The van der Waals surface area contributed by atoms with Crippen LogP contribution in [-0.4, -0.2) is 63.1 Å². The standard InChI is InChI=1S/C25H30N4O5S/c1-35-11-10-21(25(33)34)28-24(32)22(13-16-14-27-20-5-3-2-4-18(16)20)29-23(31)19(26)12-15-6-8-17(30)9-7-15/h2-9,14,19,21-22,27,30H,10-13,26H2,1H3,(H,28,32)(H,29,31)(H,33,34)/t19-,21-,22-/m0/s1. The smallest absolute Gasteiger partial charge is 0.326 e. The summed E-state index contributed by atoms with van der Waals surface area (Å²) in [5.41, 5.74) is 8.56. The van der Waals surface area contributed by atoms with Crippen LogP contribution >= 0.6 is 11.8 Å². The lowest BCUT2D eigenvalue weighted by Gasteiger charge is -2.23. The number of fused-ring (bicyclic) bond motifs is 1. The molecule has 0 saturated carbocycles. The van der Waals surface area contributed by atoms with E-state index in [4.69, 9.17) is 5.73 Å². The summed E-state index contributed by atoms with van der Waals surface area (Å²) in [7, 11) is 0. The average Bonchev–Trinajstić information content (AvgIpc) is 3.25. The van der Waals surface area contributed by atoms with E-state index in [0.717, 1.165) is 22.0 Å². The van der Waals surface area contributed by atoms with Gasteiger partial charge in [0.1, 0.15) is 17.8 Å². The number of aromatic hydroxyl groups is 1. The lowest BCUT2D eigenvalue weighted by atomic mass is 10.0. The molecule has 0 bridgehead atoms. The number of phenols is 1. The first-order valence-corrected chi connectivity index (χ1v) is 12.6. The van der Waals surface area contributed by atoms with Crippen molar-refractivity contribution < 1.29 is 24.6 Å². The molecule has 10 heteroatoms. The van der Waals surface area contributed by atoms with Gasteiger partial charge in [0, 0.05) is 23.5 Å². The highest BCUT2D eigenvalue weighted by Crippen LogP contribution is 2.19. The molecule has 9 nitrogen and oxygen atoms in total. The summed E-state index contributed by atoms with van der Waals surface area (Å²) >= 11 is 1.48. The summed E-state index contributed by atoms with van der Waals surface area (Å²) in [6.45, 7) is 0. The van der Waals surface area contributed by atoms with Gasteiger partial charge in [0.25, 0.3) is 0 Å². The Morgan fingerprint density at radius 3 is 2.37 bits per heavy atom. The van der Waals surface area contributed by atoms with E-state index in [2.05, 4.69) is 15.6 Å². The maximum Gasteiger partial charge on any atom is 0.326 e. The number of para-hydroxylation sites is 1. The fourth-order valence-electron chi connectivity index (χ4n) is 3.75. The molecule has 1 aromatic heterocycles. The third-order valence-electron chi connectivity index (χ3n) is 5.69. The molecule has 2 amide bonds. The fourth-order valence-corrected chi connectivity index (χ4v) is 4.22. The van der Waals surface area contributed by atoms with E-state index in [0.29, 0.717) is 5.75 Å². The summed E-state index contributed by atoms with van der Waals surface area (Å²) in [5, 5.41) is 25.2. The van der Waals surface area contributed by atoms with E-state index >= 15 is 0 Å². The van der Waals surface area contributed by atoms with Crippen molar-refractivity contribution >= 4 is 40.4 Å². The molecule has 3 rings (SSSR count). The highest BCUT2D eigenvalue weighted by Gasteiger charge is 2.28. The van der Waals surface area contributed by atoms with Crippen LogP contribution < -0.4 is 16.4 Å². The predicted octanol–water partition coefficient (Wildman–Crippen LogP) is 1.79. The first-order valence-electron chi connectivity index (χ1n) is 11.2. The Hall–Kier alpha value is -3.50. The van der Waals surface area contributed by atoms with E-state index in [1.54, 1.807) is 18.3 Å². The number of thioether (sulfide) groups is 1. The number of aromatic amines is 1. The number of nitrogens with one attached hydrogen (secondary N) is 3. The number of carbonyl (C=O) groups is 3. The minimum Gasteiger partial charge on any atom is -0.508 e. The average molecular weight is 499 g/mol. The Morgan fingerprint density at radius 2 is 1.69 bits per heavy atom. The Balaban J connectivity index is 1.77. The second kappa shape index (κ2) is 12.3. The number of carboxylic acids is 1. The molecule has 0 unspecified atom stereocenters. The van der Waals surface area contributed by atoms with Crippen LogP contribution in [-0.2, 0) is 27.2 Å². The second-order valence-electron chi connectivity index (χ2n) is 8.28. The zero-order valence-corrected chi connectivity index (χ0v) is 20.2. The van der Waals surface area contributed by atoms with Gasteiger partial charge in [-0.05, 0) is 54.2 Å². The maximum atomic E-state index is 13.2. The van der Waals surface area contributed by atoms with E-state index in [1.807, 2.05) is 30.5 Å². The van der Waals surface area contributed by atoms with E-state index in [9.17, 15) is 24.6 Å². The van der Waals surface area contributed by atoms with E-state index in [-0.39, 0.29) is 25.0 Å². The second-order valence-corrected chi connectivity index (χ2v) is 9.27. The molecule has 0 spiro atoms. The van der Waals surface area contributed by atoms with Gasteiger partial charge in [-0.25, -0.2) is 4.79 Å². The van der Waals surface area contributed by atoms with E-state index in [1.165, 1.54) is 23.9 Å². The van der Waals surface area contributed by atoms with Crippen molar-refractivity contribution in [3.8, 4) is 5.75 Å². The summed E-state index contributed by atoms with van der Waals surface area (Å²) in [6, 6.07) is 10.9. The third kappa shape index (κ3) is 7.24. The van der Waals surface area contributed by atoms with Crippen molar-refractivity contribution in [3.05, 3.63) is 65.9 Å². The predicted molar refractivity (Wildman–Crippen MR) is 136 cm³/mol. The highest BCUT2D eigenvalue weighted by atomic mass is 32.2. The summed E-state index contributed by atoms with van der Waals surface area (Å²) < 4.78 is 0. The molecular formula is C25H30N4O5S. The number of amides is 2. The first kappa shape index (κ1) is 26.1. The normalized spacial score (nSPS) is 13.7. The summed E-state index contributed by atoms with van der Waals surface area (Å²) in [5.74, 6) is -1.58. The number of hydrogen-bond acceptors (Lipinski definition) is 6. The number of aliphatic carboxylic acids is 1. The number of phenolic OH excluding ortho intramolecular Hbond substituents is 1. The Bertz CT molecular complexity index is 1160. The molecule has 186 valence electrons. The van der Waals surface area contributed by atoms with Gasteiger partial charge in [-0.3, -0.25) is 9.59 Å². The van der Waals surface area contributed by atoms with Crippen LogP contribution in [0, 0.1) is 0 Å². The van der Waals surface area contributed by atoms with Crippen LogP contribution in [0.25, 0.3) is 10.9 Å². The largest absolute Gasteiger partial charge is 0.508 e. The summed E-state index contributed by atoms with van der Waals surface area (Å²) in [4.78, 5) is 40.9. The number of benzene rings is 2. The van der Waals surface area contributed by atoms with Gasteiger partial charge in [-0.15, -0.1) is 0 Å². The minimum absolute atomic E-state index is 0.108. The zero-order chi connectivity index (χ0) is 25.4. The number of hydrogen-bond donors (Lipinski definition) is 6. The molecule has 3 atom stereocenters. The Kier molecular flexibility index (Phi) is 9.16. The molecule has 1 heterocycles. The highest BCUT2D eigenvalue weighted by molar-refractivity contribution is 7.98. The van der Waals surface area contributed by atoms with Crippen molar-refractivity contribution in [2.24, 2.45) is 5.73 Å². The van der Waals surface area contributed by atoms with Gasteiger partial charge in [0.2, 0.25) is 11.8 Å². The molecule has 0 aliphatic carbocycles. The Labute approximate surface area is 207 Å². The van der Waals surface area contributed by atoms with Crippen molar-refractivity contribution in [2.75, 3.05) is 12.0 Å². The van der Waals surface area contributed by atoms with Gasteiger partial charge < -0.3 is 31.6 Å². The third-order valence-corrected chi connectivity index (χ3v) is 6.33. The molecular weight excluding hydrogens is 468 g/mol. The zero-order valence-electron chi connectivity index (χ0n) is 19.4. The van der Waals surface area contributed by atoms with Crippen LogP contribution in [0.4, 0.5) is 0 Å². The summed E-state index contributed by atoms with van der Waals surface area (Å²) in [6.07, 6.45) is 4.25. The lowest BCUT2D eigenvalue weighted by Crippen LogP contribution is -2.55. The molecule has 3 aromatic rings. The van der Waals surface area contributed by atoms with Gasteiger partial charge in [0.05, 0.1) is 6.04 Å². The quantitative estimate of drug-likeness (QED) is 0.222. The number of aromatic nitrogens is 1. The van der Waals surface area contributed by atoms with Crippen LogP contribution in [0.5, 0.6) is 5.75 Å². The van der Waals surface area contributed by atoms with Crippen LogP contribution in [0.15, 0.2) is 54.7 Å². The topological polar surface area (TPSA) is 158 Å². The van der Waals surface area contributed by atoms with Crippen LogP contribution in [0.2, 0.25) is 0 Å². The monoisotopic (exact) mass is 498 g/mol. The van der Waals surface area contributed by atoms with Crippen molar-refractivity contribution in [2.45, 2.75) is 37.4 Å². The number of nitrogens with two attached hydrogens (primary N) is 1. The lowest BCUT2D eigenvalue weighted by molar-refractivity contribution is -0.142.